The van der Waals surface area contributed by atoms with Gasteiger partial charge >= 0.3 is 0 Å². The SMILES string of the molecule is CCC(Nc1ccc(OC)c(OC)c1)c1ccccc1F. The summed E-state index contributed by atoms with van der Waals surface area (Å²) in [6, 6.07) is 12.3. The Bertz CT molecular complexity index is 601. The van der Waals surface area contributed by atoms with E-state index >= 15 is 0 Å². The first-order chi connectivity index (χ1) is 10.2. The van der Waals surface area contributed by atoms with Gasteiger partial charge in [0.25, 0.3) is 0 Å². The van der Waals surface area contributed by atoms with E-state index in [4.69, 9.17) is 9.47 Å². The van der Waals surface area contributed by atoms with Crippen LogP contribution < -0.4 is 14.8 Å². The molecule has 4 heteroatoms. The summed E-state index contributed by atoms with van der Waals surface area (Å²) in [5, 5.41) is 3.34. The van der Waals surface area contributed by atoms with Crippen molar-refractivity contribution in [3.05, 3.63) is 53.8 Å². The third-order valence-corrected chi connectivity index (χ3v) is 3.41. The molecular formula is C17H20FNO2. The number of halogens is 1. The molecule has 0 saturated heterocycles. The first kappa shape index (κ1) is 15.2. The molecule has 1 unspecified atom stereocenters. The van der Waals surface area contributed by atoms with Crippen LogP contribution in [0.2, 0.25) is 0 Å². The number of anilines is 1. The zero-order valence-electron chi connectivity index (χ0n) is 12.5. The number of ether oxygens (including phenoxy) is 2. The van der Waals surface area contributed by atoms with Gasteiger partial charge < -0.3 is 14.8 Å². The summed E-state index contributed by atoms with van der Waals surface area (Å²) in [6.07, 6.45) is 0.773. The zero-order chi connectivity index (χ0) is 15.2. The van der Waals surface area contributed by atoms with Gasteiger partial charge in [-0.2, -0.15) is 0 Å². The van der Waals surface area contributed by atoms with Crippen molar-refractivity contribution in [3.63, 3.8) is 0 Å². The Morgan fingerprint density at radius 3 is 2.38 bits per heavy atom. The van der Waals surface area contributed by atoms with Crippen molar-refractivity contribution in [2.45, 2.75) is 19.4 Å². The summed E-state index contributed by atoms with van der Waals surface area (Å²) in [7, 11) is 3.19. The van der Waals surface area contributed by atoms with Crippen LogP contribution in [0.1, 0.15) is 24.9 Å². The first-order valence-corrected chi connectivity index (χ1v) is 6.92. The van der Waals surface area contributed by atoms with E-state index in [1.807, 2.05) is 31.2 Å². The molecule has 0 aromatic heterocycles. The molecule has 0 amide bonds. The predicted octanol–water partition coefficient (Wildman–Crippen LogP) is 4.41. The van der Waals surface area contributed by atoms with Gasteiger partial charge in [-0.1, -0.05) is 25.1 Å². The number of methoxy groups -OCH3 is 2. The second-order valence-corrected chi connectivity index (χ2v) is 4.70. The van der Waals surface area contributed by atoms with E-state index in [0.717, 1.165) is 12.1 Å². The van der Waals surface area contributed by atoms with Gasteiger partial charge in [0, 0.05) is 17.3 Å². The molecule has 0 aliphatic carbocycles. The Hall–Kier alpha value is -2.23. The van der Waals surface area contributed by atoms with Gasteiger partial charge in [-0.05, 0) is 24.6 Å². The van der Waals surface area contributed by atoms with Gasteiger partial charge in [0.1, 0.15) is 5.82 Å². The van der Waals surface area contributed by atoms with E-state index in [9.17, 15) is 4.39 Å². The molecular weight excluding hydrogens is 269 g/mol. The molecule has 2 aromatic carbocycles. The van der Waals surface area contributed by atoms with Crippen LogP contribution in [0, 0.1) is 5.82 Å². The number of benzene rings is 2. The number of rotatable bonds is 6. The molecule has 0 aliphatic heterocycles. The Kier molecular flexibility index (Phi) is 5.04. The molecule has 0 aliphatic rings. The average molecular weight is 289 g/mol. The summed E-state index contributed by atoms with van der Waals surface area (Å²) >= 11 is 0. The van der Waals surface area contributed by atoms with Crippen molar-refractivity contribution < 1.29 is 13.9 Å². The number of hydrogen-bond donors (Lipinski definition) is 1. The van der Waals surface area contributed by atoms with E-state index in [-0.39, 0.29) is 11.9 Å². The van der Waals surface area contributed by atoms with Gasteiger partial charge in [-0.3, -0.25) is 0 Å². The van der Waals surface area contributed by atoms with Crippen molar-refractivity contribution >= 4 is 5.69 Å². The molecule has 0 spiro atoms. The summed E-state index contributed by atoms with van der Waals surface area (Å²) in [5.74, 6) is 1.12. The minimum atomic E-state index is -0.197. The van der Waals surface area contributed by atoms with Crippen LogP contribution in [-0.4, -0.2) is 14.2 Å². The van der Waals surface area contributed by atoms with Crippen LogP contribution in [0.4, 0.5) is 10.1 Å². The van der Waals surface area contributed by atoms with E-state index in [0.29, 0.717) is 17.1 Å². The number of hydrogen-bond acceptors (Lipinski definition) is 3. The Morgan fingerprint density at radius 2 is 1.76 bits per heavy atom. The minimum absolute atomic E-state index is 0.0932. The molecule has 0 heterocycles. The normalized spacial score (nSPS) is 11.8. The van der Waals surface area contributed by atoms with Crippen LogP contribution in [-0.2, 0) is 0 Å². The Labute approximate surface area is 124 Å². The summed E-state index contributed by atoms with van der Waals surface area (Å²) in [6.45, 7) is 2.02. The van der Waals surface area contributed by atoms with Crippen LogP contribution >= 0.6 is 0 Å². The molecule has 112 valence electrons. The van der Waals surface area contributed by atoms with Gasteiger partial charge in [-0.15, -0.1) is 0 Å². The first-order valence-electron chi connectivity index (χ1n) is 6.92. The van der Waals surface area contributed by atoms with Gasteiger partial charge in [0.2, 0.25) is 0 Å². The van der Waals surface area contributed by atoms with E-state index in [1.165, 1.54) is 6.07 Å². The fourth-order valence-electron chi connectivity index (χ4n) is 2.28. The zero-order valence-corrected chi connectivity index (χ0v) is 12.5. The molecule has 0 fully saturated rings. The quantitative estimate of drug-likeness (QED) is 0.854. The van der Waals surface area contributed by atoms with Crippen molar-refractivity contribution in [1.82, 2.24) is 0 Å². The smallest absolute Gasteiger partial charge is 0.162 e. The summed E-state index contributed by atoms with van der Waals surface area (Å²) < 4.78 is 24.4. The highest BCUT2D eigenvalue weighted by Gasteiger charge is 2.14. The molecule has 0 saturated carbocycles. The third-order valence-electron chi connectivity index (χ3n) is 3.41. The largest absolute Gasteiger partial charge is 0.493 e. The van der Waals surface area contributed by atoms with Crippen LogP contribution in [0.3, 0.4) is 0 Å². The van der Waals surface area contributed by atoms with E-state index in [2.05, 4.69) is 5.32 Å². The monoisotopic (exact) mass is 289 g/mol. The van der Waals surface area contributed by atoms with Crippen LogP contribution in [0.25, 0.3) is 0 Å². The van der Waals surface area contributed by atoms with Crippen LogP contribution in [0.15, 0.2) is 42.5 Å². The lowest BCUT2D eigenvalue weighted by Gasteiger charge is -2.20. The van der Waals surface area contributed by atoms with Crippen molar-refractivity contribution in [2.24, 2.45) is 0 Å². The highest BCUT2D eigenvalue weighted by molar-refractivity contribution is 5.55. The maximum Gasteiger partial charge on any atom is 0.162 e. The fourth-order valence-corrected chi connectivity index (χ4v) is 2.28. The van der Waals surface area contributed by atoms with Gasteiger partial charge in [0.15, 0.2) is 11.5 Å². The van der Waals surface area contributed by atoms with Gasteiger partial charge in [-0.25, -0.2) is 4.39 Å². The second-order valence-electron chi connectivity index (χ2n) is 4.70. The van der Waals surface area contributed by atoms with Crippen LogP contribution in [0.5, 0.6) is 11.5 Å². The lowest BCUT2D eigenvalue weighted by molar-refractivity contribution is 0.355. The molecule has 1 atom stereocenters. The van der Waals surface area contributed by atoms with E-state index in [1.54, 1.807) is 26.4 Å². The van der Waals surface area contributed by atoms with Crippen molar-refractivity contribution in [2.75, 3.05) is 19.5 Å². The van der Waals surface area contributed by atoms with Gasteiger partial charge in [0.05, 0.1) is 20.3 Å². The minimum Gasteiger partial charge on any atom is -0.493 e. The Morgan fingerprint density at radius 1 is 1.05 bits per heavy atom. The lowest BCUT2D eigenvalue weighted by Crippen LogP contribution is -2.11. The predicted molar refractivity (Wildman–Crippen MR) is 82.6 cm³/mol. The lowest BCUT2D eigenvalue weighted by atomic mass is 10.0. The molecule has 2 rings (SSSR count). The van der Waals surface area contributed by atoms with E-state index < -0.39 is 0 Å². The molecule has 1 N–H and O–H groups in total. The number of nitrogens with one attached hydrogen (secondary N) is 1. The molecule has 21 heavy (non-hydrogen) atoms. The maximum atomic E-state index is 13.9. The summed E-state index contributed by atoms with van der Waals surface area (Å²) in [4.78, 5) is 0. The third kappa shape index (κ3) is 3.45. The molecule has 3 nitrogen and oxygen atoms in total. The second kappa shape index (κ2) is 6.97. The molecule has 0 bridgehead atoms. The maximum absolute atomic E-state index is 13.9. The Balaban J connectivity index is 2.25. The molecule has 2 aromatic rings. The molecule has 0 radical (unpaired) electrons. The van der Waals surface area contributed by atoms with Crippen molar-refractivity contribution in [1.29, 1.82) is 0 Å². The fraction of sp³-hybridized carbons (Fsp3) is 0.294. The highest BCUT2D eigenvalue weighted by Crippen LogP contribution is 2.32. The topological polar surface area (TPSA) is 30.5 Å². The standard InChI is InChI=1S/C17H20FNO2/c1-4-15(13-7-5-6-8-14(13)18)19-12-9-10-16(20-2)17(11-12)21-3/h5-11,15,19H,4H2,1-3H3. The van der Waals surface area contributed by atoms with Crippen molar-refractivity contribution in [3.8, 4) is 11.5 Å². The highest BCUT2D eigenvalue weighted by atomic mass is 19.1. The summed E-state index contributed by atoms with van der Waals surface area (Å²) in [5.41, 5.74) is 1.53. The average Bonchev–Trinajstić information content (AvgIpc) is 2.53.